The molecule has 0 bridgehead atoms. The summed E-state index contributed by atoms with van der Waals surface area (Å²) in [5, 5.41) is 2.60. The summed E-state index contributed by atoms with van der Waals surface area (Å²) in [7, 11) is 1.77. The van der Waals surface area contributed by atoms with Gasteiger partial charge >= 0.3 is 0 Å². The molecule has 0 N–H and O–H groups in total. The normalized spacial score (nSPS) is 19.1. The van der Waals surface area contributed by atoms with E-state index in [-0.39, 0.29) is 11.7 Å². The van der Waals surface area contributed by atoms with Crippen LogP contribution in [0.25, 0.3) is 0 Å². The Labute approximate surface area is 151 Å². The molecule has 0 radical (unpaired) electrons. The molecule has 1 fully saturated rings. The van der Waals surface area contributed by atoms with Crippen molar-refractivity contribution in [2.24, 2.45) is 0 Å². The Bertz CT molecular complexity index is 692. The lowest BCUT2D eigenvalue weighted by Crippen LogP contribution is -2.54. The van der Waals surface area contributed by atoms with E-state index < -0.39 is 0 Å². The standard InChI is InChI=1S/C18H23FN4OS/c1-14-11-22(12-15-3-5-16(19)6-4-15)8-9-23(14)13-17(24)21(2)18-20-7-10-25-18/h3-7,10,14H,8-9,11-13H2,1-2H3/t14-/m1/s1. The van der Waals surface area contributed by atoms with Gasteiger partial charge in [0.25, 0.3) is 0 Å². The number of halogens is 1. The second kappa shape index (κ2) is 8.03. The average Bonchev–Trinajstić information content (AvgIpc) is 3.13. The number of rotatable bonds is 5. The van der Waals surface area contributed by atoms with Gasteiger partial charge in [0.15, 0.2) is 5.13 Å². The van der Waals surface area contributed by atoms with Gasteiger partial charge in [0, 0.05) is 50.8 Å². The highest BCUT2D eigenvalue weighted by molar-refractivity contribution is 7.13. The van der Waals surface area contributed by atoms with Crippen LogP contribution in [-0.2, 0) is 11.3 Å². The molecule has 134 valence electrons. The average molecular weight is 362 g/mol. The molecule has 0 unspecified atom stereocenters. The van der Waals surface area contributed by atoms with Gasteiger partial charge < -0.3 is 0 Å². The fourth-order valence-electron chi connectivity index (χ4n) is 3.07. The van der Waals surface area contributed by atoms with Crippen LogP contribution in [-0.4, -0.2) is 60.0 Å². The molecule has 1 aromatic heterocycles. The molecule has 3 rings (SSSR count). The Balaban J connectivity index is 1.51. The largest absolute Gasteiger partial charge is 0.296 e. The zero-order valence-electron chi connectivity index (χ0n) is 14.6. The number of hydrogen-bond acceptors (Lipinski definition) is 5. The first-order valence-electron chi connectivity index (χ1n) is 8.40. The first kappa shape index (κ1) is 18.0. The molecule has 0 spiro atoms. The fraction of sp³-hybridized carbons (Fsp3) is 0.444. The molecule has 1 aliphatic rings. The first-order valence-corrected chi connectivity index (χ1v) is 9.28. The molecular weight excluding hydrogens is 339 g/mol. The Morgan fingerprint density at radius 2 is 2.12 bits per heavy atom. The van der Waals surface area contributed by atoms with Crippen LogP contribution in [0, 0.1) is 5.82 Å². The Hall–Kier alpha value is -1.83. The van der Waals surface area contributed by atoms with Crippen LogP contribution in [0.15, 0.2) is 35.8 Å². The molecule has 2 aromatic rings. The van der Waals surface area contributed by atoms with E-state index in [4.69, 9.17) is 0 Å². The predicted octanol–water partition coefficient (Wildman–Crippen LogP) is 2.45. The van der Waals surface area contributed by atoms with Crippen molar-refractivity contribution in [3.05, 3.63) is 47.2 Å². The molecule has 1 aromatic carbocycles. The van der Waals surface area contributed by atoms with Crippen molar-refractivity contribution in [2.45, 2.75) is 19.5 Å². The highest BCUT2D eigenvalue weighted by Gasteiger charge is 2.26. The minimum absolute atomic E-state index is 0.0637. The van der Waals surface area contributed by atoms with Gasteiger partial charge in [-0.25, -0.2) is 9.37 Å². The van der Waals surface area contributed by atoms with Crippen LogP contribution in [0.3, 0.4) is 0 Å². The van der Waals surface area contributed by atoms with Crippen LogP contribution < -0.4 is 4.90 Å². The van der Waals surface area contributed by atoms with Crippen molar-refractivity contribution in [3.8, 4) is 0 Å². The Morgan fingerprint density at radius 1 is 1.36 bits per heavy atom. The van der Waals surface area contributed by atoms with Crippen LogP contribution >= 0.6 is 11.3 Å². The number of nitrogens with zero attached hydrogens (tertiary/aromatic N) is 4. The first-order chi connectivity index (χ1) is 12.0. The van der Waals surface area contributed by atoms with Crippen molar-refractivity contribution < 1.29 is 9.18 Å². The third kappa shape index (κ3) is 4.62. The van der Waals surface area contributed by atoms with Gasteiger partial charge in [0.05, 0.1) is 6.54 Å². The van der Waals surface area contributed by atoms with Gasteiger partial charge in [0.2, 0.25) is 5.91 Å². The lowest BCUT2D eigenvalue weighted by molar-refractivity contribution is -0.120. The van der Waals surface area contributed by atoms with E-state index in [1.54, 1.807) is 18.1 Å². The summed E-state index contributed by atoms with van der Waals surface area (Å²) in [5.41, 5.74) is 1.11. The molecule has 0 saturated carbocycles. The van der Waals surface area contributed by atoms with Crippen molar-refractivity contribution in [2.75, 3.05) is 38.1 Å². The quantitative estimate of drug-likeness (QED) is 0.819. The maximum absolute atomic E-state index is 13.0. The zero-order chi connectivity index (χ0) is 17.8. The van der Waals surface area contributed by atoms with Gasteiger partial charge in [-0.05, 0) is 24.6 Å². The maximum atomic E-state index is 13.0. The van der Waals surface area contributed by atoms with E-state index in [0.29, 0.717) is 12.6 Å². The number of carbonyl (C=O) groups excluding carboxylic acids is 1. The number of piperazine rings is 1. The Kier molecular flexibility index (Phi) is 5.78. The summed E-state index contributed by atoms with van der Waals surface area (Å²) in [6.45, 7) is 6.00. The summed E-state index contributed by atoms with van der Waals surface area (Å²) < 4.78 is 13.0. The fourth-order valence-corrected chi connectivity index (χ4v) is 3.69. The number of likely N-dealkylation sites (N-methyl/N-ethyl adjacent to an activating group) is 1. The van der Waals surface area contributed by atoms with Gasteiger partial charge in [-0.1, -0.05) is 12.1 Å². The van der Waals surface area contributed by atoms with E-state index >= 15 is 0 Å². The van der Waals surface area contributed by atoms with Crippen molar-refractivity contribution in [1.29, 1.82) is 0 Å². The topological polar surface area (TPSA) is 39.7 Å². The molecule has 1 saturated heterocycles. The van der Waals surface area contributed by atoms with Crippen LogP contribution in [0.2, 0.25) is 0 Å². The molecule has 0 aliphatic carbocycles. The zero-order valence-corrected chi connectivity index (χ0v) is 15.4. The van der Waals surface area contributed by atoms with Gasteiger partial charge in [-0.2, -0.15) is 0 Å². The number of carbonyl (C=O) groups is 1. The minimum atomic E-state index is -0.204. The van der Waals surface area contributed by atoms with Crippen LogP contribution in [0.5, 0.6) is 0 Å². The van der Waals surface area contributed by atoms with E-state index in [1.807, 2.05) is 17.5 Å². The molecule has 5 nitrogen and oxygen atoms in total. The van der Waals surface area contributed by atoms with Crippen LogP contribution in [0.4, 0.5) is 9.52 Å². The van der Waals surface area contributed by atoms with Crippen molar-refractivity contribution in [1.82, 2.24) is 14.8 Å². The van der Waals surface area contributed by atoms with E-state index in [0.717, 1.165) is 36.9 Å². The number of aromatic nitrogens is 1. The highest BCUT2D eigenvalue weighted by Crippen LogP contribution is 2.17. The third-order valence-corrected chi connectivity index (χ3v) is 5.44. The van der Waals surface area contributed by atoms with Gasteiger partial charge in [-0.3, -0.25) is 19.5 Å². The highest BCUT2D eigenvalue weighted by atomic mass is 32.1. The SMILES string of the molecule is C[C@@H]1CN(Cc2ccc(F)cc2)CCN1CC(=O)N(C)c1nccs1. The maximum Gasteiger partial charge on any atom is 0.242 e. The molecular formula is C18H23FN4OS. The van der Waals surface area contributed by atoms with Gasteiger partial charge in [-0.15, -0.1) is 11.3 Å². The molecule has 2 heterocycles. The molecule has 1 amide bonds. The summed E-state index contributed by atoms with van der Waals surface area (Å²) in [6.07, 6.45) is 1.71. The molecule has 25 heavy (non-hydrogen) atoms. The number of amides is 1. The molecule has 7 heteroatoms. The Morgan fingerprint density at radius 3 is 2.76 bits per heavy atom. The minimum Gasteiger partial charge on any atom is -0.296 e. The summed E-state index contributed by atoms with van der Waals surface area (Å²) in [5.74, 6) is -0.140. The molecule has 1 aliphatic heterocycles. The lowest BCUT2D eigenvalue weighted by Gasteiger charge is -2.39. The second-order valence-corrected chi connectivity index (χ2v) is 7.32. The second-order valence-electron chi connectivity index (χ2n) is 6.45. The summed E-state index contributed by atoms with van der Waals surface area (Å²) in [4.78, 5) is 22.8. The van der Waals surface area contributed by atoms with E-state index in [1.165, 1.54) is 23.5 Å². The monoisotopic (exact) mass is 362 g/mol. The third-order valence-electron chi connectivity index (χ3n) is 4.59. The summed E-state index contributed by atoms with van der Waals surface area (Å²) >= 11 is 1.47. The smallest absolute Gasteiger partial charge is 0.242 e. The van der Waals surface area contributed by atoms with Crippen LogP contribution in [0.1, 0.15) is 12.5 Å². The lowest BCUT2D eigenvalue weighted by atomic mass is 10.1. The molecule has 1 atom stereocenters. The number of thiazole rings is 1. The van der Waals surface area contributed by atoms with Gasteiger partial charge in [0.1, 0.15) is 5.82 Å². The number of anilines is 1. The van der Waals surface area contributed by atoms with Crippen molar-refractivity contribution in [3.63, 3.8) is 0 Å². The van der Waals surface area contributed by atoms with Crippen molar-refractivity contribution >= 4 is 22.4 Å². The van der Waals surface area contributed by atoms with E-state index in [2.05, 4.69) is 21.7 Å². The number of hydrogen-bond donors (Lipinski definition) is 0. The number of benzene rings is 1. The predicted molar refractivity (Wildman–Crippen MR) is 98.2 cm³/mol. The summed E-state index contributed by atoms with van der Waals surface area (Å²) in [6, 6.07) is 6.96. The van der Waals surface area contributed by atoms with E-state index in [9.17, 15) is 9.18 Å².